The van der Waals surface area contributed by atoms with Gasteiger partial charge in [0.2, 0.25) is 5.91 Å². The molecule has 0 bridgehead atoms. The molecule has 1 atom stereocenters. The summed E-state index contributed by atoms with van der Waals surface area (Å²) in [6, 6.07) is -0.730. The average Bonchev–Trinajstić information content (AvgIpc) is 2.93. The zero-order valence-electron chi connectivity index (χ0n) is 9.26. The van der Waals surface area contributed by atoms with Gasteiger partial charge in [-0.2, -0.15) is 13.2 Å². The van der Waals surface area contributed by atoms with Crippen LogP contribution in [0.1, 0.15) is 26.2 Å². The van der Waals surface area contributed by atoms with Crippen LogP contribution in [0.25, 0.3) is 0 Å². The van der Waals surface area contributed by atoms with Crippen LogP contribution in [0.3, 0.4) is 0 Å². The molecule has 0 aliphatic heterocycles. The summed E-state index contributed by atoms with van der Waals surface area (Å²) in [5.41, 5.74) is 5.40. The summed E-state index contributed by atoms with van der Waals surface area (Å²) in [6.45, 7) is 1.63. The maximum atomic E-state index is 12.1. The minimum absolute atomic E-state index is 0.277. The summed E-state index contributed by atoms with van der Waals surface area (Å²) in [7, 11) is 0. The first-order valence-electron chi connectivity index (χ1n) is 5.40. The Balaban J connectivity index is 2.46. The molecule has 16 heavy (non-hydrogen) atoms. The molecule has 2 N–H and O–H groups in total. The molecule has 1 rings (SSSR count). The fourth-order valence-electron chi connectivity index (χ4n) is 1.45. The molecule has 3 nitrogen and oxygen atoms in total. The normalized spacial score (nSPS) is 18.3. The molecule has 1 amide bonds. The predicted octanol–water partition coefficient (Wildman–Crippen LogP) is 1.52. The smallest absolute Gasteiger partial charge is 0.341 e. The lowest BCUT2D eigenvalue weighted by atomic mass is 10.2. The summed E-state index contributed by atoms with van der Waals surface area (Å²) in [4.78, 5) is 12.8. The highest BCUT2D eigenvalue weighted by Gasteiger charge is 2.32. The minimum Gasteiger partial charge on any atom is -0.341 e. The Morgan fingerprint density at radius 1 is 1.50 bits per heavy atom. The van der Waals surface area contributed by atoms with Gasteiger partial charge < -0.3 is 10.6 Å². The molecule has 1 aliphatic rings. The van der Waals surface area contributed by atoms with E-state index in [1.807, 2.05) is 0 Å². The molecule has 1 aliphatic carbocycles. The molecule has 6 heteroatoms. The molecular formula is C10H17F3N2O. The number of carbonyl (C=O) groups is 1. The van der Waals surface area contributed by atoms with Crippen molar-refractivity contribution in [1.29, 1.82) is 0 Å². The highest BCUT2D eigenvalue weighted by molar-refractivity contribution is 5.81. The topological polar surface area (TPSA) is 46.3 Å². The fourth-order valence-corrected chi connectivity index (χ4v) is 1.45. The summed E-state index contributed by atoms with van der Waals surface area (Å²) in [6.07, 6.45) is -3.19. The van der Waals surface area contributed by atoms with Gasteiger partial charge in [-0.05, 0) is 25.7 Å². The van der Waals surface area contributed by atoms with Gasteiger partial charge in [-0.1, -0.05) is 0 Å². The molecule has 0 aromatic rings. The number of rotatable bonds is 5. The lowest BCUT2D eigenvalue weighted by Crippen LogP contribution is -2.44. The standard InChI is InChI=1S/C10H17F3N2O/c1-7(14)9(16)15(6-8-2-3-8)5-4-10(11,12)13/h7-8H,2-6,14H2,1H3/t7-/m1/s1. The third kappa shape index (κ3) is 4.83. The second-order valence-electron chi connectivity index (χ2n) is 4.38. The van der Waals surface area contributed by atoms with Crippen LogP contribution in [0.4, 0.5) is 13.2 Å². The van der Waals surface area contributed by atoms with Crippen molar-refractivity contribution < 1.29 is 18.0 Å². The molecule has 0 spiro atoms. The molecule has 0 aromatic carbocycles. The van der Waals surface area contributed by atoms with Crippen LogP contribution in [0.2, 0.25) is 0 Å². The monoisotopic (exact) mass is 238 g/mol. The molecule has 1 saturated carbocycles. The van der Waals surface area contributed by atoms with E-state index in [9.17, 15) is 18.0 Å². The second-order valence-corrected chi connectivity index (χ2v) is 4.38. The maximum Gasteiger partial charge on any atom is 0.390 e. The van der Waals surface area contributed by atoms with Gasteiger partial charge in [0.25, 0.3) is 0 Å². The number of alkyl halides is 3. The van der Waals surface area contributed by atoms with E-state index in [0.29, 0.717) is 12.5 Å². The van der Waals surface area contributed by atoms with Gasteiger partial charge in [-0.3, -0.25) is 4.79 Å². The number of nitrogens with zero attached hydrogens (tertiary/aromatic N) is 1. The van der Waals surface area contributed by atoms with Crippen LogP contribution in [0, 0.1) is 5.92 Å². The first-order valence-corrected chi connectivity index (χ1v) is 5.40. The molecule has 0 unspecified atom stereocenters. The van der Waals surface area contributed by atoms with Crippen molar-refractivity contribution in [3.63, 3.8) is 0 Å². The molecule has 0 aromatic heterocycles. The third-order valence-electron chi connectivity index (χ3n) is 2.54. The first-order chi connectivity index (χ1) is 7.29. The first kappa shape index (κ1) is 13.3. The van der Waals surface area contributed by atoms with Gasteiger partial charge in [0, 0.05) is 13.1 Å². The number of hydrogen-bond acceptors (Lipinski definition) is 2. The molecule has 0 saturated heterocycles. The van der Waals surface area contributed by atoms with Crippen LogP contribution in [-0.2, 0) is 4.79 Å². The Labute approximate surface area is 92.8 Å². The Morgan fingerprint density at radius 3 is 2.44 bits per heavy atom. The predicted molar refractivity (Wildman–Crippen MR) is 53.6 cm³/mol. The van der Waals surface area contributed by atoms with Gasteiger partial charge in [0.05, 0.1) is 12.5 Å². The summed E-state index contributed by atoms with van der Waals surface area (Å²) in [5.74, 6) is -0.0212. The van der Waals surface area contributed by atoms with Crippen molar-refractivity contribution in [3.8, 4) is 0 Å². The van der Waals surface area contributed by atoms with Crippen LogP contribution in [0.5, 0.6) is 0 Å². The van der Waals surface area contributed by atoms with Crippen LogP contribution < -0.4 is 5.73 Å². The Hall–Kier alpha value is -0.780. The minimum atomic E-state index is -4.22. The number of carbonyl (C=O) groups excluding carboxylic acids is 1. The highest BCUT2D eigenvalue weighted by atomic mass is 19.4. The quantitative estimate of drug-likeness (QED) is 0.789. The number of amides is 1. The van der Waals surface area contributed by atoms with Gasteiger partial charge in [0.15, 0.2) is 0 Å². The zero-order chi connectivity index (χ0) is 12.3. The van der Waals surface area contributed by atoms with Crippen molar-refractivity contribution >= 4 is 5.91 Å². The number of hydrogen-bond donors (Lipinski definition) is 1. The van der Waals surface area contributed by atoms with Gasteiger partial charge >= 0.3 is 6.18 Å². The highest BCUT2D eigenvalue weighted by Crippen LogP contribution is 2.30. The van der Waals surface area contributed by atoms with E-state index in [-0.39, 0.29) is 6.54 Å². The largest absolute Gasteiger partial charge is 0.390 e. The van der Waals surface area contributed by atoms with Crippen LogP contribution >= 0.6 is 0 Å². The Bertz CT molecular complexity index is 249. The number of nitrogens with two attached hydrogens (primary N) is 1. The lowest BCUT2D eigenvalue weighted by Gasteiger charge is -2.24. The van der Waals surface area contributed by atoms with E-state index in [0.717, 1.165) is 12.8 Å². The average molecular weight is 238 g/mol. The van der Waals surface area contributed by atoms with Crippen molar-refractivity contribution in [2.75, 3.05) is 13.1 Å². The maximum absolute atomic E-state index is 12.1. The molecule has 94 valence electrons. The third-order valence-corrected chi connectivity index (χ3v) is 2.54. The summed E-state index contributed by atoms with van der Waals surface area (Å²) < 4.78 is 36.2. The van der Waals surface area contributed by atoms with Gasteiger partial charge in [-0.25, -0.2) is 0 Å². The summed E-state index contributed by atoms with van der Waals surface area (Å²) in [5, 5.41) is 0. The fraction of sp³-hybridized carbons (Fsp3) is 0.900. The van der Waals surface area contributed by atoms with E-state index in [4.69, 9.17) is 5.73 Å². The van der Waals surface area contributed by atoms with Gasteiger partial charge in [-0.15, -0.1) is 0 Å². The Kier molecular flexibility index (Phi) is 4.18. The van der Waals surface area contributed by atoms with E-state index >= 15 is 0 Å². The van der Waals surface area contributed by atoms with Crippen molar-refractivity contribution in [1.82, 2.24) is 4.90 Å². The van der Waals surface area contributed by atoms with Crippen molar-refractivity contribution in [2.45, 2.75) is 38.4 Å². The van der Waals surface area contributed by atoms with Crippen LogP contribution in [-0.4, -0.2) is 36.1 Å². The summed E-state index contributed by atoms with van der Waals surface area (Å²) >= 11 is 0. The second kappa shape index (κ2) is 5.03. The SMILES string of the molecule is C[C@@H](N)C(=O)N(CCC(F)(F)F)CC1CC1. The van der Waals surface area contributed by atoms with E-state index in [1.54, 1.807) is 0 Å². The van der Waals surface area contributed by atoms with E-state index < -0.39 is 24.5 Å². The molecule has 1 fully saturated rings. The molecule has 0 heterocycles. The zero-order valence-corrected chi connectivity index (χ0v) is 9.26. The lowest BCUT2D eigenvalue weighted by molar-refractivity contribution is -0.146. The number of halogens is 3. The molecular weight excluding hydrogens is 221 g/mol. The molecule has 0 radical (unpaired) electrons. The van der Waals surface area contributed by atoms with Crippen LogP contribution in [0.15, 0.2) is 0 Å². The van der Waals surface area contributed by atoms with Gasteiger partial charge in [0.1, 0.15) is 0 Å². The van der Waals surface area contributed by atoms with E-state index in [1.165, 1.54) is 11.8 Å². The Morgan fingerprint density at radius 2 is 2.06 bits per heavy atom. The van der Waals surface area contributed by atoms with E-state index in [2.05, 4.69) is 0 Å². The van der Waals surface area contributed by atoms with Crippen molar-refractivity contribution in [2.24, 2.45) is 11.7 Å². The van der Waals surface area contributed by atoms with Crippen molar-refractivity contribution in [3.05, 3.63) is 0 Å².